The molecule has 0 spiro atoms. The van der Waals surface area contributed by atoms with Crippen molar-refractivity contribution in [3.05, 3.63) is 138 Å². The van der Waals surface area contributed by atoms with E-state index in [4.69, 9.17) is 9.47 Å². The summed E-state index contributed by atoms with van der Waals surface area (Å²) in [5, 5.41) is 3.64. The number of nitrogens with one attached hydrogen (secondary N) is 2. The minimum atomic E-state index is -4.10. The highest BCUT2D eigenvalue weighted by Crippen LogP contribution is 2.29. The van der Waals surface area contributed by atoms with Gasteiger partial charge in [0, 0.05) is 86.0 Å². The summed E-state index contributed by atoms with van der Waals surface area (Å²) in [7, 11) is 0.0220. The second-order valence-electron chi connectivity index (χ2n) is 16.3. The SMILES string of the molecule is Cc1cc(S(=O)(=O)NC(=O)c2ccc(N3CCN(Cc4ccccc4-c4ccc(OCCN5CCOCC5)cc4)CC3)cc2)ccc1N[C@H](CCN(C)C)CSc1ccccc1. The average Bonchev–Trinajstić information content (AvgIpc) is 3.29. The van der Waals surface area contributed by atoms with Gasteiger partial charge in [0.15, 0.2) is 0 Å². The lowest BCUT2D eigenvalue weighted by Crippen LogP contribution is -2.46. The maximum absolute atomic E-state index is 13.4. The van der Waals surface area contributed by atoms with Crippen LogP contribution in [0.5, 0.6) is 5.75 Å². The monoisotopic (exact) mass is 876 g/mol. The Morgan fingerprint density at radius 2 is 1.53 bits per heavy atom. The third-order valence-electron chi connectivity index (χ3n) is 11.4. The number of carbonyl (C=O) groups excluding carboxylic acids is 1. The first kappa shape index (κ1) is 45.1. The van der Waals surface area contributed by atoms with E-state index in [9.17, 15) is 13.2 Å². The molecule has 0 bridgehead atoms. The van der Waals surface area contributed by atoms with Crippen LogP contribution in [-0.4, -0.2) is 127 Å². The molecule has 0 radical (unpaired) electrons. The zero-order valence-corrected chi connectivity index (χ0v) is 37.8. The fourth-order valence-corrected chi connectivity index (χ4v) is 9.82. The van der Waals surface area contributed by atoms with Gasteiger partial charge in [-0.15, -0.1) is 11.8 Å². The maximum Gasteiger partial charge on any atom is 0.264 e. The van der Waals surface area contributed by atoms with E-state index in [0.717, 1.165) is 107 Å². The lowest BCUT2D eigenvalue weighted by Gasteiger charge is -2.36. The van der Waals surface area contributed by atoms with Gasteiger partial charge >= 0.3 is 0 Å². The van der Waals surface area contributed by atoms with Gasteiger partial charge < -0.3 is 24.6 Å². The van der Waals surface area contributed by atoms with E-state index in [1.165, 1.54) is 21.6 Å². The maximum atomic E-state index is 13.4. The van der Waals surface area contributed by atoms with Gasteiger partial charge in [-0.3, -0.25) is 14.6 Å². The summed E-state index contributed by atoms with van der Waals surface area (Å²) in [6, 6.07) is 39.7. The van der Waals surface area contributed by atoms with Crippen LogP contribution in [0.1, 0.15) is 27.9 Å². The number of anilines is 2. The molecule has 62 heavy (non-hydrogen) atoms. The molecule has 7 rings (SSSR count). The number of piperazine rings is 1. The fourth-order valence-electron chi connectivity index (χ4n) is 7.77. The van der Waals surface area contributed by atoms with Crippen LogP contribution in [0.15, 0.2) is 131 Å². The second kappa shape index (κ2) is 22.0. The minimum Gasteiger partial charge on any atom is -0.492 e. The van der Waals surface area contributed by atoms with Gasteiger partial charge in [0.05, 0.1) is 18.1 Å². The number of amides is 1. The van der Waals surface area contributed by atoms with Gasteiger partial charge in [-0.25, -0.2) is 13.1 Å². The summed E-state index contributed by atoms with van der Waals surface area (Å²) in [6.45, 7) is 12.2. The standard InChI is InChI=1S/C49H60N6O5S2/c1-38-35-46(21-22-48(38)50-42(23-24-52(2)3)37-61-45-10-5-4-6-11-45)62(57,58)51-49(56)40-13-17-43(18-14-40)55-27-25-54(26-28-55)36-41-9-7-8-12-47(41)39-15-19-44(20-16-39)60-34-31-53-29-32-59-33-30-53/h4-22,35,42,50H,23-34,36-37H2,1-3H3,(H,51,56)/t42-/m1/s1. The molecule has 0 unspecified atom stereocenters. The molecule has 1 amide bonds. The van der Waals surface area contributed by atoms with Crippen LogP contribution in [0.25, 0.3) is 11.1 Å². The molecule has 5 aromatic rings. The van der Waals surface area contributed by atoms with Crippen molar-refractivity contribution < 1.29 is 22.7 Å². The zero-order chi connectivity index (χ0) is 43.3. The topological polar surface area (TPSA) is 107 Å². The van der Waals surface area contributed by atoms with Crippen molar-refractivity contribution in [3.8, 4) is 16.9 Å². The van der Waals surface area contributed by atoms with E-state index in [2.05, 4.69) is 104 Å². The largest absolute Gasteiger partial charge is 0.492 e. The van der Waals surface area contributed by atoms with Crippen LogP contribution in [0.2, 0.25) is 0 Å². The Bertz CT molecular complexity index is 2300. The van der Waals surface area contributed by atoms with Crippen LogP contribution in [0.4, 0.5) is 11.4 Å². The lowest BCUT2D eigenvalue weighted by molar-refractivity contribution is 0.0322. The van der Waals surface area contributed by atoms with Gasteiger partial charge in [-0.05, 0) is 123 Å². The molecule has 328 valence electrons. The fraction of sp³-hybridized carbons (Fsp3) is 0.367. The van der Waals surface area contributed by atoms with E-state index >= 15 is 0 Å². The van der Waals surface area contributed by atoms with Crippen LogP contribution in [0, 0.1) is 6.92 Å². The highest BCUT2D eigenvalue weighted by molar-refractivity contribution is 7.99. The molecule has 5 aromatic carbocycles. The van der Waals surface area contributed by atoms with Gasteiger partial charge in [0.25, 0.3) is 15.9 Å². The number of aryl methyl sites for hydroxylation is 1. The molecule has 13 heteroatoms. The average molecular weight is 877 g/mol. The summed E-state index contributed by atoms with van der Waals surface area (Å²) in [5.41, 5.74) is 6.64. The Hall–Kier alpha value is -4.89. The number of thioether (sulfide) groups is 1. The molecule has 11 nitrogen and oxygen atoms in total. The summed E-state index contributed by atoms with van der Waals surface area (Å²) in [5.74, 6) is 1.09. The molecule has 0 saturated carbocycles. The molecule has 1 atom stereocenters. The third-order valence-corrected chi connectivity index (χ3v) is 13.9. The van der Waals surface area contributed by atoms with Crippen molar-refractivity contribution >= 4 is 39.1 Å². The molecule has 2 aliphatic rings. The van der Waals surface area contributed by atoms with Crippen molar-refractivity contribution in [3.63, 3.8) is 0 Å². The van der Waals surface area contributed by atoms with E-state index in [1.54, 1.807) is 42.1 Å². The first-order valence-corrected chi connectivity index (χ1v) is 24.0. The van der Waals surface area contributed by atoms with Crippen molar-refractivity contribution in [2.75, 3.05) is 102 Å². The van der Waals surface area contributed by atoms with Gasteiger partial charge in [0.1, 0.15) is 12.4 Å². The number of sulfonamides is 1. The van der Waals surface area contributed by atoms with Crippen molar-refractivity contribution in [2.24, 2.45) is 0 Å². The number of carbonyl (C=O) groups is 1. The molecular weight excluding hydrogens is 817 g/mol. The summed E-state index contributed by atoms with van der Waals surface area (Å²) in [4.78, 5) is 23.8. The number of benzene rings is 5. The normalized spacial score (nSPS) is 15.6. The number of ether oxygens (including phenoxy) is 2. The Morgan fingerprint density at radius 3 is 2.24 bits per heavy atom. The van der Waals surface area contributed by atoms with Crippen LogP contribution in [-0.2, 0) is 21.3 Å². The molecule has 0 aromatic heterocycles. The highest BCUT2D eigenvalue weighted by Gasteiger charge is 2.23. The molecule has 2 aliphatic heterocycles. The summed E-state index contributed by atoms with van der Waals surface area (Å²) in [6.07, 6.45) is 0.927. The van der Waals surface area contributed by atoms with E-state index < -0.39 is 15.9 Å². The van der Waals surface area contributed by atoms with Crippen molar-refractivity contribution in [1.29, 1.82) is 0 Å². The Balaban J connectivity index is 0.888. The number of morpholine rings is 1. The number of hydrogen-bond acceptors (Lipinski definition) is 11. The van der Waals surface area contributed by atoms with Gasteiger partial charge in [0.2, 0.25) is 0 Å². The third kappa shape index (κ3) is 12.8. The van der Waals surface area contributed by atoms with Crippen LogP contribution >= 0.6 is 11.8 Å². The molecule has 2 saturated heterocycles. The predicted molar refractivity (Wildman–Crippen MR) is 252 cm³/mol. The van der Waals surface area contributed by atoms with Crippen molar-refractivity contribution in [1.82, 2.24) is 19.4 Å². The number of nitrogens with zero attached hydrogens (tertiary/aromatic N) is 4. The first-order chi connectivity index (χ1) is 30.1. The Kier molecular flexibility index (Phi) is 16.0. The smallest absolute Gasteiger partial charge is 0.264 e. The van der Waals surface area contributed by atoms with Gasteiger partial charge in [-0.2, -0.15) is 0 Å². The van der Waals surface area contributed by atoms with E-state index in [1.807, 2.05) is 37.3 Å². The summed E-state index contributed by atoms with van der Waals surface area (Å²) >= 11 is 1.80. The number of rotatable bonds is 19. The van der Waals surface area contributed by atoms with Crippen LogP contribution < -0.4 is 19.7 Å². The van der Waals surface area contributed by atoms with E-state index in [-0.39, 0.29) is 16.5 Å². The zero-order valence-electron chi connectivity index (χ0n) is 36.2. The van der Waals surface area contributed by atoms with Gasteiger partial charge in [-0.1, -0.05) is 54.6 Å². The predicted octanol–water partition coefficient (Wildman–Crippen LogP) is 7.34. The summed E-state index contributed by atoms with van der Waals surface area (Å²) < 4.78 is 40.6. The lowest BCUT2D eigenvalue weighted by atomic mass is 9.99. The van der Waals surface area contributed by atoms with Crippen LogP contribution in [0.3, 0.4) is 0 Å². The Labute approximate surface area is 372 Å². The Morgan fingerprint density at radius 1 is 0.823 bits per heavy atom. The highest BCUT2D eigenvalue weighted by atomic mass is 32.2. The second-order valence-corrected chi connectivity index (χ2v) is 19.0. The van der Waals surface area contributed by atoms with E-state index in [0.29, 0.717) is 6.61 Å². The minimum absolute atomic E-state index is 0.0488. The number of hydrogen-bond donors (Lipinski definition) is 2. The first-order valence-electron chi connectivity index (χ1n) is 21.6. The quantitative estimate of drug-likeness (QED) is 0.0815. The molecule has 2 N–H and O–H groups in total. The molecule has 0 aliphatic carbocycles. The molecule has 2 heterocycles. The molecule has 2 fully saturated rings. The molecular formula is C49H60N6O5S2. The van der Waals surface area contributed by atoms with Crippen molar-refractivity contribution in [2.45, 2.75) is 35.7 Å².